The first kappa shape index (κ1) is 25.7. The van der Waals surface area contributed by atoms with Crippen molar-refractivity contribution in [3.8, 4) is 11.1 Å². The predicted molar refractivity (Wildman–Crippen MR) is 138 cm³/mol. The molecule has 0 aliphatic carbocycles. The van der Waals surface area contributed by atoms with Crippen molar-refractivity contribution in [3.63, 3.8) is 0 Å². The summed E-state index contributed by atoms with van der Waals surface area (Å²) < 4.78 is 42.4. The lowest BCUT2D eigenvalue weighted by molar-refractivity contribution is -0.139. The number of halogens is 4. The first-order valence-corrected chi connectivity index (χ1v) is 12.1. The number of hydrogen-bond acceptors (Lipinski definition) is 7. The van der Waals surface area contributed by atoms with Gasteiger partial charge in [0.15, 0.2) is 0 Å². The summed E-state index contributed by atoms with van der Waals surface area (Å²) in [6.45, 7) is 1.28. The summed E-state index contributed by atoms with van der Waals surface area (Å²) in [5.41, 5.74) is 1.84. The number of nitrogens with zero attached hydrogens (tertiary/aromatic N) is 4. The van der Waals surface area contributed by atoms with Gasteiger partial charge in [0.05, 0.1) is 16.2 Å². The Kier molecular flexibility index (Phi) is 7.30. The van der Waals surface area contributed by atoms with Gasteiger partial charge in [-0.3, -0.25) is 9.78 Å². The summed E-state index contributed by atoms with van der Waals surface area (Å²) in [5.74, 6) is -1.29. The van der Waals surface area contributed by atoms with Gasteiger partial charge in [-0.25, -0.2) is 23.1 Å². The third-order valence-corrected chi connectivity index (χ3v) is 6.63. The fraction of sp³-hybridized carbons (Fsp3) is 0.231. The van der Waals surface area contributed by atoms with Gasteiger partial charge in [0.2, 0.25) is 5.95 Å². The molecule has 2 aromatic carbocycles. The zero-order chi connectivity index (χ0) is 26.8. The number of aromatic nitrogens is 3. The van der Waals surface area contributed by atoms with Crippen molar-refractivity contribution in [2.45, 2.75) is 18.5 Å². The molecule has 0 amide bonds. The molecule has 1 saturated heterocycles. The molecule has 5 rings (SSSR count). The summed E-state index contributed by atoms with van der Waals surface area (Å²) in [6, 6.07) is 8.24. The third-order valence-electron chi connectivity index (χ3n) is 6.34. The van der Waals surface area contributed by atoms with Crippen LogP contribution in [0.4, 0.5) is 24.8 Å². The highest BCUT2D eigenvalue weighted by Crippen LogP contribution is 2.37. The smallest absolute Gasteiger partial charge is 0.322 e. The van der Waals surface area contributed by atoms with Crippen LogP contribution in [0, 0.1) is 5.82 Å². The lowest BCUT2D eigenvalue weighted by Crippen LogP contribution is -2.54. The number of anilines is 2. The van der Waals surface area contributed by atoms with Gasteiger partial charge in [-0.05, 0) is 23.8 Å². The van der Waals surface area contributed by atoms with E-state index < -0.39 is 30.3 Å². The van der Waals surface area contributed by atoms with E-state index in [9.17, 15) is 23.1 Å². The van der Waals surface area contributed by atoms with Crippen LogP contribution in [-0.4, -0.2) is 58.1 Å². The van der Waals surface area contributed by atoms with Gasteiger partial charge in [-0.2, -0.15) is 0 Å². The molecule has 38 heavy (non-hydrogen) atoms. The summed E-state index contributed by atoms with van der Waals surface area (Å²) >= 11 is 6.38. The lowest BCUT2D eigenvalue weighted by atomic mass is 10.0. The Morgan fingerprint density at radius 2 is 1.87 bits per heavy atom. The van der Waals surface area contributed by atoms with Crippen molar-refractivity contribution in [3.05, 3.63) is 77.5 Å². The molecule has 4 aromatic rings. The van der Waals surface area contributed by atoms with Crippen LogP contribution >= 0.6 is 11.6 Å². The molecule has 2 aromatic heterocycles. The fourth-order valence-corrected chi connectivity index (χ4v) is 4.59. The van der Waals surface area contributed by atoms with E-state index in [0.717, 1.165) is 6.07 Å². The van der Waals surface area contributed by atoms with E-state index in [-0.39, 0.29) is 22.8 Å². The van der Waals surface area contributed by atoms with Gasteiger partial charge >= 0.3 is 5.97 Å². The highest BCUT2D eigenvalue weighted by atomic mass is 35.5. The minimum Gasteiger partial charge on any atom is -0.480 e. The second-order valence-corrected chi connectivity index (χ2v) is 9.16. The maximum atomic E-state index is 14.4. The fourth-order valence-electron chi connectivity index (χ4n) is 4.38. The van der Waals surface area contributed by atoms with E-state index in [2.05, 4.69) is 25.6 Å². The monoisotopic (exact) mass is 542 g/mol. The van der Waals surface area contributed by atoms with Crippen molar-refractivity contribution >= 4 is 40.1 Å². The van der Waals surface area contributed by atoms with Gasteiger partial charge in [-0.1, -0.05) is 35.9 Å². The molecule has 1 aliphatic rings. The normalized spacial score (nSPS) is 16.6. The number of fused-ring (bicyclic) bond motifs is 1. The number of hydrogen-bond donors (Lipinski definition) is 3. The van der Waals surface area contributed by atoms with Crippen LogP contribution in [0.2, 0.25) is 5.02 Å². The topological polar surface area (TPSA) is 103 Å². The number of pyridine rings is 1. The molecule has 0 spiro atoms. The molecule has 0 radical (unpaired) electrons. The van der Waals surface area contributed by atoms with Crippen LogP contribution in [0.1, 0.15) is 11.6 Å². The van der Waals surface area contributed by atoms with Crippen LogP contribution in [0.25, 0.3) is 22.0 Å². The highest BCUT2D eigenvalue weighted by Gasteiger charge is 2.28. The lowest BCUT2D eigenvalue weighted by Gasteiger charge is -2.31. The van der Waals surface area contributed by atoms with Crippen molar-refractivity contribution in [1.29, 1.82) is 0 Å². The molecule has 1 aliphatic heterocycles. The minimum atomic E-state index is -2.92. The average Bonchev–Trinajstić information content (AvgIpc) is 2.93. The van der Waals surface area contributed by atoms with Crippen molar-refractivity contribution in [2.75, 3.05) is 29.9 Å². The first-order chi connectivity index (χ1) is 18.3. The first-order valence-electron chi connectivity index (χ1n) is 11.7. The van der Waals surface area contributed by atoms with E-state index in [4.69, 9.17) is 11.6 Å². The number of benzene rings is 2. The Morgan fingerprint density at radius 3 is 2.58 bits per heavy atom. The second kappa shape index (κ2) is 10.8. The molecule has 8 nitrogen and oxygen atoms in total. The molecule has 0 bridgehead atoms. The number of alkyl halides is 2. The molecule has 3 N–H and O–H groups in total. The molecule has 3 heterocycles. The Hall–Kier alpha value is -3.96. The molecule has 0 unspecified atom stereocenters. The number of rotatable bonds is 7. The summed E-state index contributed by atoms with van der Waals surface area (Å²) in [5, 5.41) is 15.5. The van der Waals surface area contributed by atoms with E-state index in [1.165, 1.54) is 24.4 Å². The van der Waals surface area contributed by atoms with Crippen LogP contribution in [0.3, 0.4) is 0 Å². The Morgan fingerprint density at radius 1 is 1.11 bits per heavy atom. The van der Waals surface area contributed by atoms with Crippen molar-refractivity contribution in [2.24, 2.45) is 0 Å². The Labute approximate surface area is 220 Å². The van der Waals surface area contributed by atoms with Gasteiger partial charge in [0, 0.05) is 54.7 Å². The van der Waals surface area contributed by atoms with E-state index >= 15 is 0 Å². The Bertz CT molecular complexity index is 1470. The van der Waals surface area contributed by atoms with Gasteiger partial charge in [-0.15, -0.1) is 0 Å². The average molecular weight is 543 g/mol. The van der Waals surface area contributed by atoms with Gasteiger partial charge in [0.25, 0.3) is 6.43 Å². The molecule has 12 heteroatoms. The van der Waals surface area contributed by atoms with Crippen LogP contribution < -0.4 is 15.5 Å². The predicted octanol–water partition coefficient (Wildman–Crippen LogP) is 4.77. The van der Waals surface area contributed by atoms with Crippen molar-refractivity contribution < 1.29 is 23.1 Å². The van der Waals surface area contributed by atoms with Crippen LogP contribution in [-0.2, 0) is 4.79 Å². The van der Waals surface area contributed by atoms with Gasteiger partial charge < -0.3 is 20.6 Å². The summed E-state index contributed by atoms with van der Waals surface area (Å²) in [7, 11) is 0. The minimum absolute atomic E-state index is 0.106. The number of carbonyl (C=O) groups is 1. The zero-order valence-corrected chi connectivity index (χ0v) is 20.5. The standard InChI is InChI=1S/C26H22ClF3N6O2/c27-18-12-32-20-6-5-14(15-10-33-26(34-11-15)36-8-7-31-21(13-36)25(37)38)9-17(20)22(18)35-23(24(29)30)16-3-1-2-4-19(16)28/h1-6,9-12,21,23-24,31H,7-8,13H2,(H,32,35)(H,37,38)/t21-,23-/m0/s1. The maximum absolute atomic E-state index is 14.4. The number of nitrogens with one attached hydrogen (secondary N) is 2. The maximum Gasteiger partial charge on any atom is 0.322 e. The van der Waals surface area contributed by atoms with Crippen LogP contribution in [0.5, 0.6) is 0 Å². The summed E-state index contributed by atoms with van der Waals surface area (Å²) in [4.78, 5) is 26.2. The number of carboxylic acid groups (broad SMARTS) is 1. The Balaban J connectivity index is 1.47. The van der Waals surface area contributed by atoms with Gasteiger partial charge in [0.1, 0.15) is 17.9 Å². The summed E-state index contributed by atoms with van der Waals surface area (Å²) in [6.07, 6.45) is 1.65. The quantitative estimate of drug-likeness (QED) is 0.307. The highest BCUT2D eigenvalue weighted by molar-refractivity contribution is 6.34. The van der Waals surface area contributed by atoms with E-state index in [1.54, 1.807) is 35.5 Å². The molecular weight excluding hydrogens is 521 g/mol. The van der Waals surface area contributed by atoms with Crippen molar-refractivity contribution in [1.82, 2.24) is 20.3 Å². The SMILES string of the molecule is O=C(O)[C@@H]1CN(c2ncc(-c3ccc4ncc(Cl)c(N[C@@H](c5ccccc5F)C(F)F)c4c3)cn2)CCN1. The van der Waals surface area contributed by atoms with E-state index in [1.807, 2.05) is 0 Å². The largest absolute Gasteiger partial charge is 0.480 e. The molecule has 0 saturated carbocycles. The molecule has 196 valence electrons. The number of carboxylic acids is 1. The zero-order valence-electron chi connectivity index (χ0n) is 19.8. The number of piperazine rings is 1. The molecule has 1 fully saturated rings. The van der Waals surface area contributed by atoms with E-state index in [0.29, 0.717) is 41.1 Å². The molecular formula is C26H22ClF3N6O2. The molecule has 2 atom stereocenters. The second-order valence-electron chi connectivity index (χ2n) is 8.75. The third kappa shape index (κ3) is 5.20. The number of aliphatic carboxylic acids is 1. The van der Waals surface area contributed by atoms with Crippen LogP contribution in [0.15, 0.2) is 61.1 Å².